The fourth-order valence-electron chi connectivity index (χ4n) is 2.56. The van der Waals surface area contributed by atoms with Gasteiger partial charge in [0, 0.05) is 5.92 Å². The van der Waals surface area contributed by atoms with Crippen molar-refractivity contribution in [1.82, 2.24) is 0 Å². The molecule has 0 bridgehead atoms. The van der Waals surface area contributed by atoms with Gasteiger partial charge in [0.15, 0.2) is 0 Å². The maximum absolute atomic E-state index is 10.2. The summed E-state index contributed by atoms with van der Waals surface area (Å²) in [5.41, 5.74) is 4.93. The van der Waals surface area contributed by atoms with Crippen LogP contribution >= 0.6 is 0 Å². The number of rotatable bonds is 3. The van der Waals surface area contributed by atoms with E-state index in [1.165, 1.54) is 28.7 Å². The van der Waals surface area contributed by atoms with Gasteiger partial charge in [0.1, 0.15) is 0 Å². The molecule has 3 rings (SSSR count). The molecule has 1 N–H and O–H groups in total. The van der Waals surface area contributed by atoms with E-state index in [4.69, 9.17) is 4.74 Å². The molecule has 0 aliphatic heterocycles. The zero-order chi connectivity index (χ0) is 11.7. The van der Waals surface area contributed by atoms with Crippen LogP contribution in [0, 0.1) is 0 Å². The first-order valence-electron chi connectivity index (χ1n) is 5.59. The molecular weight excluding hydrogens is 251 g/mol. The summed E-state index contributed by atoms with van der Waals surface area (Å²) in [4.78, 5) is 10.2. The summed E-state index contributed by atoms with van der Waals surface area (Å²) in [5, 5.41) is 0. The van der Waals surface area contributed by atoms with Crippen molar-refractivity contribution in [2.45, 2.75) is 5.92 Å². The van der Waals surface area contributed by atoms with Gasteiger partial charge >= 0.3 is 29.6 Å². The Morgan fingerprint density at radius 3 is 1.89 bits per heavy atom. The van der Waals surface area contributed by atoms with Gasteiger partial charge in [0.25, 0.3) is 0 Å². The molecule has 3 nitrogen and oxygen atoms in total. The second-order valence-electron chi connectivity index (χ2n) is 4.12. The van der Waals surface area contributed by atoms with Gasteiger partial charge in [-0.3, -0.25) is 0 Å². The van der Waals surface area contributed by atoms with Gasteiger partial charge in [-0.2, -0.15) is 0 Å². The summed E-state index contributed by atoms with van der Waals surface area (Å²) in [6, 6.07) is 16.5. The van der Waals surface area contributed by atoms with E-state index >= 15 is 0 Å². The van der Waals surface area contributed by atoms with Crippen LogP contribution in [-0.2, 0) is 9.53 Å². The molecule has 1 aliphatic carbocycles. The zero-order valence-electron chi connectivity index (χ0n) is 10.7. The van der Waals surface area contributed by atoms with Gasteiger partial charge in [-0.15, -0.1) is 0 Å². The van der Waals surface area contributed by atoms with E-state index in [1.807, 2.05) is 24.3 Å². The van der Waals surface area contributed by atoms with E-state index in [0.717, 1.165) is 0 Å². The van der Waals surface area contributed by atoms with E-state index in [1.54, 1.807) is 0 Å². The van der Waals surface area contributed by atoms with Crippen molar-refractivity contribution in [3.8, 4) is 11.1 Å². The van der Waals surface area contributed by atoms with E-state index in [2.05, 4.69) is 24.3 Å². The smallest absolute Gasteiger partial charge is 0.870 e. The summed E-state index contributed by atoms with van der Waals surface area (Å²) in [6.07, 6.45) is 0. The quantitative estimate of drug-likeness (QED) is 0.565. The molecule has 1 aliphatic rings. The molecule has 2 aromatic rings. The van der Waals surface area contributed by atoms with Gasteiger partial charge in [-0.1, -0.05) is 55.0 Å². The van der Waals surface area contributed by atoms with Gasteiger partial charge in [0.05, 0.1) is 6.61 Å². The number of fused-ring (bicyclic) bond motifs is 3. The SMILES string of the molecule is O=[C-]OCC1c2ccccc2-c2ccccc21.[Na+].[OH-]. The summed E-state index contributed by atoms with van der Waals surface area (Å²) in [7, 11) is 0. The van der Waals surface area contributed by atoms with E-state index in [0.29, 0.717) is 6.61 Å². The molecule has 0 amide bonds. The fourth-order valence-corrected chi connectivity index (χ4v) is 2.56. The first-order valence-corrected chi connectivity index (χ1v) is 5.59. The van der Waals surface area contributed by atoms with Gasteiger partial charge in [-0.25, -0.2) is 0 Å². The molecular formula is C15H12NaO3-. The molecule has 2 aromatic carbocycles. The Balaban J connectivity index is 0.000000902. The van der Waals surface area contributed by atoms with Crippen LogP contribution in [0.2, 0.25) is 0 Å². The third-order valence-electron chi connectivity index (χ3n) is 3.27. The summed E-state index contributed by atoms with van der Waals surface area (Å²) in [6.45, 7) is 1.86. The minimum absolute atomic E-state index is 0. The largest absolute Gasteiger partial charge is 1.00 e. The number of ether oxygens (including phenoxy) is 1. The molecule has 0 saturated heterocycles. The Hall–Kier alpha value is -1.13. The Morgan fingerprint density at radius 1 is 0.947 bits per heavy atom. The van der Waals surface area contributed by atoms with E-state index in [9.17, 15) is 4.79 Å². The normalized spacial score (nSPS) is 11.6. The fraction of sp³-hybridized carbons (Fsp3) is 0.133. The van der Waals surface area contributed by atoms with Crippen molar-refractivity contribution in [2.24, 2.45) is 0 Å². The Labute approximate surface area is 134 Å². The Kier molecular flexibility index (Phi) is 5.76. The minimum Gasteiger partial charge on any atom is -0.870 e. The van der Waals surface area contributed by atoms with Crippen molar-refractivity contribution in [3.05, 3.63) is 59.7 Å². The van der Waals surface area contributed by atoms with Crippen LogP contribution in [0.15, 0.2) is 48.5 Å². The molecule has 19 heavy (non-hydrogen) atoms. The maximum atomic E-state index is 10.2. The topological polar surface area (TPSA) is 56.3 Å². The third kappa shape index (κ3) is 2.74. The van der Waals surface area contributed by atoms with Crippen molar-refractivity contribution >= 4 is 6.47 Å². The van der Waals surface area contributed by atoms with Crippen LogP contribution in [0.5, 0.6) is 0 Å². The molecule has 0 spiro atoms. The van der Waals surface area contributed by atoms with E-state index in [-0.39, 0.29) is 41.0 Å². The number of benzene rings is 2. The van der Waals surface area contributed by atoms with Crippen molar-refractivity contribution in [3.63, 3.8) is 0 Å². The van der Waals surface area contributed by atoms with Gasteiger partial charge < -0.3 is 15.0 Å². The van der Waals surface area contributed by atoms with Crippen molar-refractivity contribution in [1.29, 1.82) is 0 Å². The monoisotopic (exact) mass is 263 g/mol. The van der Waals surface area contributed by atoms with Crippen LogP contribution in [0.25, 0.3) is 11.1 Å². The number of hydrogen-bond donors (Lipinski definition) is 0. The Morgan fingerprint density at radius 2 is 1.42 bits per heavy atom. The molecule has 0 atom stereocenters. The predicted octanol–water partition coefficient (Wildman–Crippen LogP) is -0.290. The second-order valence-corrected chi connectivity index (χ2v) is 4.12. The van der Waals surface area contributed by atoms with Crippen molar-refractivity contribution < 1.29 is 44.6 Å². The molecule has 4 heteroatoms. The first-order chi connectivity index (χ1) is 8.42. The second kappa shape index (κ2) is 6.87. The molecule has 0 heterocycles. The third-order valence-corrected chi connectivity index (χ3v) is 3.27. The first kappa shape index (κ1) is 15.9. The zero-order valence-corrected chi connectivity index (χ0v) is 12.7. The Bertz CT molecular complexity index is 523. The summed E-state index contributed by atoms with van der Waals surface area (Å²) >= 11 is 0. The standard InChI is InChI=1S/C15H11O2.Na.H2O/c16-10-17-9-15-13-7-3-1-5-11(13)12-6-2-4-8-14(12)15;;/h1-8,15H,9H2;;1H2/q-1;+1;/p-1. The molecule has 0 radical (unpaired) electrons. The minimum atomic E-state index is 0. The predicted molar refractivity (Wildman–Crippen MR) is 67.3 cm³/mol. The molecule has 0 unspecified atom stereocenters. The molecule has 0 aromatic heterocycles. The number of hydrogen-bond acceptors (Lipinski definition) is 3. The summed E-state index contributed by atoms with van der Waals surface area (Å²) < 4.78 is 4.83. The molecule has 0 saturated carbocycles. The average Bonchev–Trinajstić information content (AvgIpc) is 2.71. The van der Waals surface area contributed by atoms with Crippen LogP contribution < -0.4 is 29.6 Å². The van der Waals surface area contributed by atoms with Crippen LogP contribution in [0.3, 0.4) is 0 Å². The van der Waals surface area contributed by atoms with Crippen LogP contribution in [-0.4, -0.2) is 18.6 Å². The van der Waals surface area contributed by atoms with Gasteiger partial charge in [0.2, 0.25) is 0 Å². The number of carbonyl (C=O) groups excluding carboxylic acids is 1. The molecule has 92 valence electrons. The van der Waals surface area contributed by atoms with Crippen LogP contribution in [0.4, 0.5) is 0 Å². The van der Waals surface area contributed by atoms with E-state index < -0.39 is 0 Å². The average molecular weight is 263 g/mol. The van der Waals surface area contributed by atoms with Crippen molar-refractivity contribution in [2.75, 3.05) is 6.61 Å². The van der Waals surface area contributed by atoms with Gasteiger partial charge in [-0.05, 0) is 22.3 Å². The summed E-state index contributed by atoms with van der Waals surface area (Å²) in [5.74, 6) is 0.142. The molecule has 0 fully saturated rings. The van der Waals surface area contributed by atoms with Crippen LogP contribution in [0.1, 0.15) is 17.0 Å². The maximum Gasteiger partial charge on any atom is 1.00 e.